The van der Waals surface area contributed by atoms with Crippen molar-refractivity contribution in [3.8, 4) is 0 Å². The number of carboxylic acids is 1. The Kier molecular flexibility index (Phi) is 2.29. The maximum atomic E-state index is 12.1. The molecule has 0 atom stereocenters. The van der Waals surface area contributed by atoms with E-state index in [9.17, 15) is 9.59 Å². The van der Waals surface area contributed by atoms with Gasteiger partial charge < -0.3 is 15.7 Å². The maximum absolute atomic E-state index is 12.1. The number of carbonyl (C=O) groups excluding carboxylic acids is 1. The van der Waals surface area contributed by atoms with Crippen LogP contribution in [0.4, 0.5) is 11.4 Å². The van der Waals surface area contributed by atoms with Crippen LogP contribution in [-0.4, -0.2) is 23.5 Å². The molecular formula is C13H14N2O3. The fourth-order valence-electron chi connectivity index (χ4n) is 2.54. The summed E-state index contributed by atoms with van der Waals surface area (Å²) in [6.07, 6.45) is 2.86. The second-order valence-corrected chi connectivity index (χ2v) is 5.01. The minimum atomic E-state index is -0.964. The van der Waals surface area contributed by atoms with Crippen molar-refractivity contribution in [1.82, 2.24) is 0 Å². The average molecular weight is 246 g/mol. The van der Waals surface area contributed by atoms with Gasteiger partial charge in [-0.2, -0.15) is 0 Å². The monoisotopic (exact) mass is 246 g/mol. The van der Waals surface area contributed by atoms with Crippen LogP contribution in [-0.2, 0) is 4.79 Å². The van der Waals surface area contributed by atoms with Gasteiger partial charge in [-0.05, 0) is 31.0 Å². The summed E-state index contributed by atoms with van der Waals surface area (Å²) in [5, 5.41) is 15.0. The third kappa shape index (κ3) is 1.54. The molecule has 0 unspecified atom stereocenters. The second kappa shape index (κ2) is 3.73. The molecule has 1 spiro atoms. The number of rotatable bonds is 1. The van der Waals surface area contributed by atoms with E-state index in [1.54, 1.807) is 12.1 Å². The van der Waals surface area contributed by atoms with Crippen LogP contribution < -0.4 is 10.6 Å². The second-order valence-electron chi connectivity index (χ2n) is 5.01. The van der Waals surface area contributed by atoms with Gasteiger partial charge in [-0.15, -0.1) is 0 Å². The molecule has 18 heavy (non-hydrogen) atoms. The van der Waals surface area contributed by atoms with Crippen LogP contribution in [0, 0.1) is 5.41 Å². The Morgan fingerprint density at radius 3 is 2.67 bits per heavy atom. The minimum Gasteiger partial charge on any atom is -0.478 e. The quantitative estimate of drug-likeness (QED) is 0.707. The highest BCUT2D eigenvalue weighted by molar-refractivity contribution is 6.01. The van der Waals surface area contributed by atoms with Gasteiger partial charge in [-0.3, -0.25) is 4.79 Å². The van der Waals surface area contributed by atoms with Gasteiger partial charge in [0, 0.05) is 6.54 Å². The van der Waals surface area contributed by atoms with Gasteiger partial charge in [0.15, 0.2) is 0 Å². The lowest BCUT2D eigenvalue weighted by molar-refractivity contribution is -0.129. The molecule has 1 aliphatic heterocycles. The van der Waals surface area contributed by atoms with E-state index in [1.807, 2.05) is 0 Å². The topological polar surface area (TPSA) is 78.4 Å². The number of carboxylic acid groups (broad SMARTS) is 1. The summed E-state index contributed by atoms with van der Waals surface area (Å²) in [6, 6.07) is 4.71. The zero-order valence-electron chi connectivity index (χ0n) is 9.82. The molecule has 5 heteroatoms. The Morgan fingerprint density at radius 1 is 1.28 bits per heavy atom. The molecular weight excluding hydrogens is 232 g/mol. The molecule has 94 valence electrons. The van der Waals surface area contributed by atoms with Crippen molar-refractivity contribution in [3.05, 3.63) is 23.8 Å². The van der Waals surface area contributed by atoms with Crippen LogP contribution in [0.5, 0.6) is 0 Å². The van der Waals surface area contributed by atoms with E-state index in [1.165, 1.54) is 6.07 Å². The number of hydrogen-bond acceptors (Lipinski definition) is 3. The first-order valence-corrected chi connectivity index (χ1v) is 6.03. The van der Waals surface area contributed by atoms with Crippen molar-refractivity contribution < 1.29 is 14.7 Å². The van der Waals surface area contributed by atoms with E-state index >= 15 is 0 Å². The lowest BCUT2D eigenvalue weighted by atomic mass is 9.68. The smallest absolute Gasteiger partial charge is 0.335 e. The molecule has 1 aliphatic carbocycles. The van der Waals surface area contributed by atoms with Crippen molar-refractivity contribution >= 4 is 23.3 Å². The van der Waals surface area contributed by atoms with Gasteiger partial charge in [0.25, 0.3) is 0 Å². The fourth-order valence-corrected chi connectivity index (χ4v) is 2.54. The summed E-state index contributed by atoms with van der Waals surface area (Å²) in [4.78, 5) is 23.0. The lowest BCUT2D eigenvalue weighted by Gasteiger charge is -2.38. The molecule has 1 saturated carbocycles. The summed E-state index contributed by atoms with van der Waals surface area (Å²) in [6.45, 7) is 0.578. The average Bonchev–Trinajstić information content (AvgIpc) is 2.43. The molecule has 1 aromatic carbocycles. The minimum absolute atomic E-state index is 0.0445. The highest BCUT2D eigenvalue weighted by Gasteiger charge is 2.45. The number of amides is 1. The van der Waals surface area contributed by atoms with Crippen LogP contribution in [0.15, 0.2) is 18.2 Å². The maximum Gasteiger partial charge on any atom is 0.335 e. The Bertz CT molecular complexity index is 535. The van der Waals surface area contributed by atoms with E-state index in [4.69, 9.17) is 5.11 Å². The fraction of sp³-hybridized carbons (Fsp3) is 0.385. The number of nitrogens with one attached hydrogen (secondary N) is 2. The van der Waals surface area contributed by atoms with Crippen molar-refractivity contribution in [1.29, 1.82) is 0 Å². The van der Waals surface area contributed by atoms with E-state index < -0.39 is 5.97 Å². The van der Waals surface area contributed by atoms with Gasteiger partial charge in [0.1, 0.15) is 0 Å². The zero-order chi connectivity index (χ0) is 12.8. The molecule has 0 saturated heterocycles. The van der Waals surface area contributed by atoms with Crippen LogP contribution in [0.2, 0.25) is 0 Å². The molecule has 0 bridgehead atoms. The van der Waals surface area contributed by atoms with Crippen LogP contribution >= 0.6 is 0 Å². The van der Waals surface area contributed by atoms with Crippen molar-refractivity contribution in [2.75, 3.05) is 17.2 Å². The molecule has 0 aromatic heterocycles. The molecule has 0 radical (unpaired) electrons. The number of benzene rings is 1. The van der Waals surface area contributed by atoms with E-state index in [-0.39, 0.29) is 16.9 Å². The first-order chi connectivity index (χ1) is 8.61. The van der Waals surface area contributed by atoms with E-state index in [0.29, 0.717) is 17.9 Å². The normalized spacial score (nSPS) is 20.1. The summed E-state index contributed by atoms with van der Waals surface area (Å²) in [5.41, 5.74) is 1.27. The summed E-state index contributed by atoms with van der Waals surface area (Å²) < 4.78 is 0. The number of fused-ring (bicyclic) bond motifs is 1. The van der Waals surface area contributed by atoms with E-state index in [2.05, 4.69) is 10.6 Å². The number of aromatic carboxylic acids is 1. The molecule has 1 aromatic rings. The largest absolute Gasteiger partial charge is 0.478 e. The standard InChI is InChI=1S/C13H14N2O3/c16-11(17)8-2-3-9-10(6-8)14-7-13(4-1-5-13)12(18)15-9/h2-3,6,14H,1,4-5,7H2,(H,15,18)(H,16,17). The van der Waals surface area contributed by atoms with Crippen LogP contribution in [0.1, 0.15) is 29.6 Å². The summed E-state index contributed by atoms with van der Waals surface area (Å²) in [7, 11) is 0. The Labute approximate surface area is 104 Å². The number of hydrogen-bond donors (Lipinski definition) is 3. The van der Waals surface area contributed by atoms with Gasteiger partial charge in [-0.1, -0.05) is 6.42 Å². The Morgan fingerprint density at radius 2 is 2.06 bits per heavy atom. The predicted molar refractivity (Wildman–Crippen MR) is 66.8 cm³/mol. The molecule has 1 amide bonds. The van der Waals surface area contributed by atoms with Crippen LogP contribution in [0.25, 0.3) is 0 Å². The van der Waals surface area contributed by atoms with E-state index in [0.717, 1.165) is 19.3 Å². The third-order valence-electron chi connectivity index (χ3n) is 3.92. The molecule has 1 heterocycles. The summed E-state index contributed by atoms with van der Waals surface area (Å²) >= 11 is 0. The van der Waals surface area contributed by atoms with Gasteiger partial charge in [0.2, 0.25) is 5.91 Å². The molecule has 5 nitrogen and oxygen atoms in total. The number of carbonyl (C=O) groups is 2. The molecule has 2 aliphatic rings. The zero-order valence-corrected chi connectivity index (χ0v) is 9.82. The third-order valence-corrected chi connectivity index (χ3v) is 3.92. The summed E-state index contributed by atoms with van der Waals surface area (Å²) in [5.74, 6) is -0.920. The van der Waals surface area contributed by atoms with Gasteiger partial charge >= 0.3 is 5.97 Å². The predicted octanol–water partition coefficient (Wildman–Crippen LogP) is 1.92. The first-order valence-electron chi connectivity index (χ1n) is 6.03. The Hall–Kier alpha value is -2.04. The SMILES string of the molecule is O=C(O)c1ccc2c(c1)NCC1(CCC1)C(=O)N2. The van der Waals surface area contributed by atoms with Crippen molar-refractivity contribution in [2.45, 2.75) is 19.3 Å². The lowest BCUT2D eigenvalue weighted by Crippen LogP contribution is -2.45. The first kappa shape index (κ1) is 11.1. The highest BCUT2D eigenvalue weighted by atomic mass is 16.4. The van der Waals surface area contributed by atoms with Gasteiger partial charge in [-0.25, -0.2) is 4.79 Å². The Balaban J connectivity index is 1.95. The molecule has 1 fully saturated rings. The van der Waals surface area contributed by atoms with Gasteiger partial charge in [0.05, 0.1) is 22.4 Å². The molecule has 3 N–H and O–H groups in total. The van der Waals surface area contributed by atoms with Crippen molar-refractivity contribution in [2.24, 2.45) is 5.41 Å². The van der Waals surface area contributed by atoms with Crippen molar-refractivity contribution in [3.63, 3.8) is 0 Å². The number of anilines is 2. The highest BCUT2D eigenvalue weighted by Crippen LogP contribution is 2.44. The molecule has 3 rings (SSSR count). The van der Waals surface area contributed by atoms with Crippen LogP contribution in [0.3, 0.4) is 0 Å².